The molecular weight excluding hydrogens is 374 g/mol. The first-order valence-electron chi connectivity index (χ1n) is 9.47. The summed E-state index contributed by atoms with van der Waals surface area (Å²) in [4.78, 5) is 26.9. The monoisotopic (exact) mass is 403 g/mol. The fourth-order valence-electron chi connectivity index (χ4n) is 3.00. The van der Waals surface area contributed by atoms with Gasteiger partial charge in [0.05, 0.1) is 18.2 Å². The van der Waals surface area contributed by atoms with Crippen molar-refractivity contribution in [1.82, 2.24) is 10.2 Å². The van der Waals surface area contributed by atoms with Gasteiger partial charge in [0.2, 0.25) is 5.91 Å². The van der Waals surface area contributed by atoms with Gasteiger partial charge in [-0.2, -0.15) is 0 Å². The van der Waals surface area contributed by atoms with Crippen LogP contribution in [0, 0.1) is 5.41 Å². The minimum Gasteiger partial charge on any atom is -0.463 e. The summed E-state index contributed by atoms with van der Waals surface area (Å²) in [6, 6.07) is 7.00. The van der Waals surface area contributed by atoms with Crippen molar-refractivity contribution in [3.8, 4) is 0 Å². The zero-order chi connectivity index (χ0) is 21.1. The number of thiocarbonyl (C=S) groups is 1. The van der Waals surface area contributed by atoms with E-state index in [-0.39, 0.29) is 11.9 Å². The Morgan fingerprint density at radius 1 is 1.29 bits per heavy atom. The Morgan fingerprint density at radius 3 is 2.54 bits per heavy atom. The first kappa shape index (κ1) is 21.9. The first-order chi connectivity index (χ1) is 13.1. The second-order valence-electron chi connectivity index (χ2n) is 7.68. The van der Waals surface area contributed by atoms with Gasteiger partial charge < -0.3 is 20.3 Å². The van der Waals surface area contributed by atoms with E-state index in [4.69, 9.17) is 17.0 Å². The molecule has 0 bridgehead atoms. The molecule has 1 aliphatic heterocycles. The Labute approximate surface area is 172 Å². The topological polar surface area (TPSA) is 70.7 Å². The molecule has 0 saturated heterocycles. The average Bonchev–Trinajstić information content (AvgIpc) is 2.61. The molecule has 0 unspecified atom stereocenters. The minimum atomic E-state index is -0.505. The molecule has 1 atom stereocenters. The van der Waals surface area contributed by atoms with E-state index in [2.05, 4.69) is 10.6 Å². The highest BCUT2D eigenvalue weighted by Gasteiger charge is 2.34. The second-order valence-corrected chi connectivity index (χ2v) is 8.06. The number of amides is 1. The van der Waals surface area contributed by atoms with Crippen LogP contribution in [0.3, 0.4) is 0 Å². The van der Waals surface area contributed by atoms with Gasteiger partial charge in [0.1, 0.15) is 0 Å². The molecule has 0 radical (unpaired) electrons. The van der Waals surface area contributed by atoms with E-state index >= 15 is 0 Å². The van der Waals surface area contributed by atoms with Gasteiger partial charge in [-0.25, -0.2) is 4.79 Å². The molecule has 152 valence electrons. The van der Waals surface area contributed by atoms with Gasteiger partial charge >= 0.3 is 5.97 Å². The SMILES string of the molecule is CCOC(=O)C1=C(C)N(CC)C(=S)N[C@H]1c1cccc(NC(=O)C(C)(C)C)c1. The highest BCUT2D eigenvalue weighted by atomic mass is 32.1. The number of ether oxygens (including phenoxy) is 1. The number of hydrogen-bond donors (Lipinski definition) is 2. The van der Waals surface area contributed by atoms with Crippen molar-refractivity contribution in [2.45, 2.75) is 47.6 Å². The lowest BCUT2D eigenvalue weighted by Crippen LogP contribution is -2.47. The van der Waals surface area contributed by atoms with Gasteiger partial charge in [-0.1, -0.05) is 32.9 Å². The molecule has 0 fully saturated rings. The van der Waals surface area contributed by atoms with Crippen LogP contribution in [-0.2, 0) is 14.3 Å². The number of carbonyl (C=O) groups excluding carboxylic acids is 2. The van der Waals surface area contributed by atoms with Crippen LogP contribution >= 0.6 is 12.2 Å². The van der Waals surface area contributed by atoms with Crippen LogP contribution in [0.25, 0.3) is 0 Å². The van der Waals surface area contributed by atoms with E-state index in [0.717, 1.165) is 11.3 Å². The molecule has 6 nitrogen and oxygen atoms in total. The number of hydrogen-bond acceptors (Lipinski definition) is 4. The molecule has 1 aromatic rings. The molecule has 1 aromatic carbocycles. The molecule has 28 heavy (non-hydrogen) atoms. The van der Waals surface area contributed by atoms with E-state index in [0.29, 0.717) is 29.5 Å². The van der Waals surface area contributed by atoms with Crippen LogP contribution in [0.5, 0.6) is 0 Å². The van der Waals surface area contributed by atoms with Crippen molar-refractivity contribution in [2.24, 2.45) is 5.41 Å². The summed E-state index contributed by atoms with van der Waals surface area (Å²) >= 11 is 5.49. The number of esters is 1. The molecule has 0 saturated carbocycles. The zero-order valence-electron chi connectivity index (χ0n) is 17.4. The number of benzene rings is 1. The number of anilines is 1. The summed E-state index contributed by atoms with van der Waals surface area (Å²) in [7, 11) is 0. The number of nitrogens with zero attached hydrogens (tertiary/aromatic N) is 1. The second kappa shape index (κ2) is 8.73. The number of allylic oxidation sites excluding steroid dienone is 1. The fourth-order valence-corrected chi connectivity index (χ4v) is 3.38. The Kier molecular flexibility index (Phi) is 6.82. The van der Waals surface area contributed by atoms with Gasteiger partial charge in [-0.15, -0.1) is 0 Å². The van der Waals surface area contributed by atoms with Crippen molar-refractivity contribution < 1.29 is 14.3 Å². The molecule has 1 heterocycles. The van der Waals surface area contributed by atoms with Gasteiger partial charge in [0, 0.05) is 23.3 Å². The van der Waals surface area contributed by atoms with E-state index < -0.39 is 11.5 Å². The molecule has 1 aliphatic rings. The summed E-state index contributed by atoms with van der Waals surface area (Å²) < 4.78 is 5.29. The highest BCUT2D eigenvalue weighted by molar-refractivity contribution is 7.80. The fraction of sp³-hybridized carbons (Fsp3) is 0.476. The lowest BCUT2D eigenvalue weighted by molar-refractivity contribution is -0.139. The maximum Gasteiger partial charge on any atom is 0.338 e. The first-order valence-corrected chi connectivity index (χ1v) is 9.88. The Morgan fingerprint density at radius 2 is 1.96 bits per heavy atom. The van der Waals surface area contributed by atoms with Crippen LogP contribution in [0.4, 0.5) is 5.69 Å². The van der Waals surface area contributed by atoms with E-state index in [1.807, 2.05) is 63.8 Å². The third kappa shape index (κ3) is 4.70. The van der Waals surface area contributed by atoms with Gasteiger partial charge in [-0.3, -0.25) is 4.79 Å². The van der Waals surface area contributed by atoms with Gasteiger partial charge in [0.15, 0.2) is 5.11 Å². The van der Waals surface area contributed by atoms with E-state index in [1.54, 1.807) is 6.92 Å². The minimum absolute atomic E-state index is 0.0775. The Bertz CT molecular complexity index is 811. The Hall–Kier alpha value is -2.41. The van der Waals surface area contributed by atoms with Crippen LogP contribution in [-0.4, -0.2) is 35.0 Å². The van der Waals surface area contributed by atoms with Crippen LogP contribution in [0.2, 0.25) is 0 Å². The standard InChI is InChI=1S/C21H29N3O3S/c1-7-24-13(3)16(18(25)27-8-2)17(23-20(24)28)14-10-9-11-15(12-14)22-19(26)21(4,5)6/h9-12,17H,7-8H2,1-6H3,(H,22,26)(H,23,28)/t17-/m0/s1. The molecule has 2 rings (SSSR count). The third-order valence-corrected chi connectivity index (χ3v) is 4.91. The van der Waals surface area contributed by atoms with Crippen molar-refractivity contribution in [1.29, 1.82) is 0 Å². The lowest BCUT2D eigenvalue weighted by Gasteiger charge is -2.37. The summed E-state index contributed by atoms with van der Waals surface area (Å²) in [5.41, 5.74) is 2.29. The molecule has 0 aliphatic carbocycles. The number of rotatable bonds is 5. The van der Waals surface area contributed by atoms with Crippen LogP contribution in [0.15, 0.2) is 35.5 Å². The summed E-state index contributed by atoms with van der Waals surface area (Å²) in [6.45, 7) is 12.1. The highest BCUT2D eigenvalue weighted by Crippen LogP contribution is 2.32. The molecule has 0 aromatic heterocycles. The predicted molar refractivity (Wildman–Crippen MR) is 115 cm³/mol. The van der Waals surface area contributed by atoms with Crippen molar-refractivity contribution >= 4 is 34.9 Å². The number of nitrogens with one attached hydrogen (secondary N) is 2. The van der Waals surface area contributed by atoms with Crippen molar-refractivity contribution in [2.75, 3.05) is 18.5 Å². The normalized spacial score (nSPS) is 17.3. The van der Waals surface area contributed by atoms with E-state index in [1.165, 1.54) is 0 Å². The maximum absolute atomic E-state index is 12.7. The quantitative estimate of drug-likeness (QED) is 0.576. The molecule has 0 spiro atoms. The van der Waals surface area contributed by atoms with Crippen molar-refractivity contribution in [3.63, 3.8) is 0 Å². The van der Waals surface area contributed by atoms with Crippen LogP contribution in [0.1, 0.15) is 53.1 Å². The average molecular weight is 404 g/mol. The number of carbonyl (C=O) groups is 2. The maximum atomic E-state index is 12.7. The molecular formula is C21H29N3O3S. The predicted octanol–water partition coefficient (Wildman–Crippen LogP) is 3.76. The van der Waals surface area contributed by atoms with E-state index in [9.17, 15) is 9.59 Å². The Balaban J connectivity index is 2.45. The lowest BCUT2D eigenvalue weighted by atomic mass is 9.93. The molecule has 7 heteroatoms. The smallest absolute Gasteiger partial charge is 0.338 e. The van der Waals surface area contributed by atoms with Gasteiger partial charge in [0.25, 0.3) is 0 Å². The molecule has 1 amide bonds. The van der Waals surface area contributed by atoms with Gasteiger partial charge in [-0.05, 0) is 50.7 Å². The molecule has 2 N–H and O–H groups in total. The zero-order valence-corrected chi connectivity index (χ0v) is 18.2. The third-order valence-electron chi connectivity index (χ3n) is 4.57. The summed E-state index contributed by atoms with van der Waals surface area (Å²) in [5.74, 6) is -0.450. The summed E-state index contributed by atoms with van der Waals surface area (Å²) in [6.07, 6.45) is 0. The summed E-state index contributed by atoms with van der Waals surface area (Å²) in [5, 5.41) is 6.74. The van der Waals surface area contributed by atoms with Crippen molar-refractivity contribution in [3.05, 3.63) is 41.1 Å². The van der Waals surface area contributed by atoms with Crippen LogP contribution < -0.4 is 10.6 Å². The largest absolute Gasteiger partial charge is 0.463 e.